The first-order valence-corrected chi connectivity index (χ1v) is 5.11. The van der Waals surface area contributed by atoms with Gasteiger partial charge in [0.05, 0.1) is 5.41 Å². The van der Waals surface area contributed by atoms with E-state index in [-0.39, 0.29) is 18.9 Å². The molecule has 8 nitrogen and oxygen atoms in total. The molecule has 0 aliphatic heterocycles. The minimum Gasteiger partial charge on any atom is -0.302 e. The molecule has 0 amide bonds. The standard InChI is InChI=1S/C11H8N2O6/c14-3-10(4-15)1-8(19)9(12-6-17)11(2-10,5-16)13-7-18/h3-5,9H,1-2H2. The van der Waals surface area contributed by atoms with Crippen LogP contribution in [0.2, 0.25) is 0 Å². The summed E-state index contributed by atoms with van der Waals surface area (Å²) in [5.41, 5.74) is -3.83. The molecule has 2 unspecified atom stereocenters. The van der Waals surface area contributed by atoms with Crippen molar-refractivity contribution in [2.75, 3.05) is 0 Å². The second kappa shape index (κ2) is 5.39. The second-order valence-corrected chi connectivity index (χ2v) is 4.22. The smallest absolute Gasteiger partial charge is 0.236 e. The molecule has 8 heteroatoms. The van der Waals surface area contributed by atoms with Crippen molar-refractivity contribution in [1.29, 1.82) is 0 Å². The average molecular weight is 264 g/mol. The molecule has 0 bridgehead atoms. The number of nitrogens with zero attached hydrogens (tertiary/aromatic N) is 2. The van der Waals surface area contributed by atoms with Crippen LogP contribution in [-0.2, 0) is 28.8 Å². The summed E-state index contributed by atoms with van der Waals surface area (Å²) in [5.74, 6) is -0.820. The van der Waals surface area contributed by atoms with Gasteiger partial charge in [0.25, 0.3) is 0 Å². The first-order chi connectivity index (χ1) is 9.03. The number of hydrogen-bond acceptors (Lipinski definition) is 8. The zero-order valence-electron chi connectivity index (χ0n) is 9.57. The third kappa shape index (κ3) is 2.35. The Morgan fingerprint density at radius 3 is 2.16 bits per heavy atom. The number of isocyanates is 2. The summed E-state index contributed by atoms with van der Waals surface area (Å²) in [4.78, 5) is 72.0. The van der Waals surface area contributed by atoms with E-state index in [0.717, 1.165) is 12.2 Å². The number of rotatable bonds is 5. The van der Waals surface area contributed by atoms with Crippen LogP contribution >= 0.6 is 0 Å². The van der Waals surface area contributed by atoms with Crippen molar-refractivity contribution in [3.05, 3.63) is 0 Å². The summed E-state index contributed by atoms with van der Waals surface area (Å²) in [7, 11) is 0. The minimum atomic E-state index is -2.07. The van der Waals surface area contributed by atoms with Crippen molar-refractivity contribution in [3.63, 3.8) is 0 Å². The molecular weight excluding hydrogens is 256 g/mol. The largest absolute Gasteiger partial charge is 0.302 e. The molecule has 0 spiro atoms. The van der Waals surface area contributed by atoms with Crippen LogP contribution in [0.15, 0.2) is 9.98 Å². The van der Waals surface area contributed by atoms with Crippen molar-refractivity contribution in [2.24, 2.45) is 15.4 Å². The number of hydrogen-bond donors (Lipinski definition) is 0. The number of aliphatic imine (C=N–C) groups is 2. The molecule has 98 valence electrons. The van der Waals surface area contributed by atoms with Gasteiger partial charge >= 0.3 is 0 Å². The van der Waals surface area contributed by atoms with Gasteiger partial charge in [-0.2, -0.15) is 9.98 Å². The third-order valence-electron chi connectivity index (χ3n) is 3.00. The van der Waals surface area contributed by atoms with Crippen LogP contribution in [0.4, 0.5) is 0 Å². The quantitative estimate of drug-likeness (QED) is 0.263. The van der Waals surface area contributed by atoms with Gasteiger partial charge in [-0.1, -0.05) is 0 Å². The zero-order valence-corrected chi connectivity index (χ0v) is 9.57. The van der Waals surface area contributed by atoms with Gasteiger partial charge in [0.1, 0.15) is 12.6 Å². The lowest BCUT2D eigenvalue weighted by molar-refractivity contribution is -0.141. The average Bonchev–Trinajstić information content (AvgIpc) is 2.42. The molecule has 19 heavy (non-hydrogen) atoms. The second-order valence-electron chi connectivity index (χ2n) is 4.22. The van der Waals surface area contributed by atoms with Crippen LogP contribution < -0.4 is 0 Å². The fraction of sp³-hybridized carbons (Fsp3) is 0.455. The van der Waals surface area contributed by atoms with E-state index >= 15 is 0 Å². The molecule has 0 heterocycles. The van der Waals surface area contributed by atoms with Gasteiger partial charge in [-0.05, 0) is 0 Å². The molecular formula is C11H8N2O6. The summed E-state index contributed by atoms with van der Waals surface area (Å²) in [6.07, 6.45) is 1.72. The van der Waals surface area contributed by atoms with E-state index in [9.17, 15) is 28.8 Å². The zero-order chi connectivity index (χ0) is 14.5. The highest BCUT2D eigenvalue weighted by atomic mass is 16.2. The van der Waals surface area contributed by atoms with Crippen molar-refractivity contribution in [1.82, 2.24) is 0 Å². The first kappa shape index (κ1) is 14.5. The number of carbonyl (C=O) groups excluding carboxylic acids is 6. The van der Waals surface area contributed by atoms with E-state index in [0.29, 0.717) is 0 Å². The van der Waals surface area contributed by atoms with E-state index in [1.807, 2.05) is 0 Å². The van der Waals surface area contributed by atoms with Crippen molar-refractivity contribution in [3.8, 4) is 0 Å². The summed E-state index contributed by atoms with van der Waals surface area (Å²) in [6, 6.07) is -1.57. The van der Waals surface area contributed by atoms with E-state index in [4.69, 9.17) is 0 Å². The predicted octanol–water partition coefficient (Wildman–Crippen LogP) is -1.29. The minimum absolute atomic E-state index is 0.113. The van der Waals surface area contributed by atoms with Gasteiger partial charge in [-0.3, -0.25) is 4.79 Å². The third-order valence-corrected chi connectivity index (χ3v) is 3.00. The molecule has 1 aliphatic carbocycles. The molecule has 0 saturated heterocycles. The highest BCUT2D eigenvalue weighted by Crippen LogP contribution is 2.39. The van der Waals surface area contributed by atoms with E-state index in [1.54, 1.807) is 0 Å². The van der Waals surface area contributed by atoms with E-state index in [1.165, 1.54) is 0 Å². The Bertz CT molecular complexity index is 521. The maximum Gasteiger partial charge on any atom is 0.236 e. The molecule has 0 aromatic rings. The van der Waals surface area contributed by atoms with Gasteiger partial charge < -0.3 is 14.4 Å². The van der Waals surface area contributed by atoms with Gasteiger partial charge in [-0.25, -0.2) is 9.59 Å². The lowest BCUT2D eigenvalue weighted by Gasteiger charge is -2.38. The summed E-state index contributed by atoms with van der Waals surface area (Å²) < 4.78 is 0. The van der Waals surface area contributed by atoms with Gasteiger partial charge in [-0.15, -0.1) is 0 Å². The van der Waals surface area contributed by atoms with Crippen molar-refractivity contribution in [2.45, 2.75) is 24.4 Å². The predicted molar refractivity (Wildman–Crippen MR) is 57.6 cm³/mol. The van der Waals surface area contributed by atoms with Crippen LogP contribution in [0.5, 0.6) is 0 Å². The Morgan fingerprint density at radius 1 is 1.11 bits per heavy atom. The molecule has 2 atom stereocenters. The van der Waals surface area contributed by atoms with Gasteiger partial charge in [0.2, 0.25) is 12.2 Å². The Labute approximate surface area is 106 Å². The normalized spacial score (nSPS) is 28.4. The molecule has 1 fully saturated rings. The van der Waals surface area contributed by atoms with Crippen LogP contribution in [0.3, 0.4) is 0 Å². The topological polar surface area (TPSA) is 127 Å². The molecule has 0 aromatic carbocycles. The number of aldehydes is 3. The van der Waals surface area contributed by atoms with Gasteiger partial charge in [0, 0.05) is 12.8 Å². The maximum atomic E-state index is 11.8. The first-order valence-electron chi connectivity index (χ1n) is 5.11. The molecule has 1 rings (SSSR count). The highest BCUT2D eigenvalue weighted by Gasteiger charge is 2.56. The number of Topliss-reactive ketones (excluding diaryl/α,β-unsaturated/α-hetero) is 1. The van der Waals surface area contributed by atoms with Crippen LogP contribution in [-0.4, -0.2) is 48.4 Å². The molecule has 1 saturated carbocycles. The van der Waals surface area contributed by atoms with E-state index < -0.39 is 35.6 Å². The fourth-order valence-corrected chi connectivity index (χ4v) is 2.14. The van der Waals surface area contributed by atoms with Crippen molar-refractivity contribution >= 4 is 36.8 Å². The monoisotopic (exact) mass is 264 g/mol. The highest BCUT2D eigenvalue weighted by molar-refractivity contribution is 6.01. The molecule has 0 aromatic heterocycles. The van der Waals surface area contributed by atoms with Crippen molar-refractivity contribution < 1.29 is 28.8 Å². The lowest BCUT2D eigenvalue weighted by Crippen LogP contribution is -2.56. The molecule has 0 N–H and O–H groups in total. The Kier molecular flexibility index (Phi) is 4.11. The SMILES string of the molecule is O=C=NC1C(=O)CC(C=O)(C=O)CC1(C=O)N=C=O. The number of ketones is 1. The fourth-order valence-electron chi connectivity index (χ4n) is 2.14. The van der Waals surface area contributed by atoms with Crippen LogP contribution in [0.25, 0.3) is 0 Å². The molecule has 0 radical (unpaired) electrons. The summed E-state index contributed by atoms with van der Waals surface area (Å²) >= 11 is 0. The Hall–Kier alpha value is -2.56. The van der Waals surface area contributed by atoms with Crippen LogP contribution in [0.1, 0.15) is 12.8 Å². The van der Waals surface area contributed by atoms with Crippen LogP contribution in [0, 0.1) is 5.41 Å². The lowest BCUT2D eigenvalue weighted by atomic mass is 9.65. The number of carbonyl (C=O) groups is 4. The summed E-state index contributed by atoms with van der Waals surface area (Å²) in [6.45, 7) is 0. The maximum absolute atomic E-state index is 11.8. The Balaban J connectivity index is 3.47. The Morgan fingerprint density at radius 2 is 1.74 bits per heavy atom. The van der Waals surface area contributed by atoms with E-state index in [2.05, 4.69) is 9.98 Å². The summed E-state index contributed by atoms with van der Waals surface area (Å²) in [5, 5.41) is 0. The molecule has 1 aliphatic rings. The van der Waals surface area contributed by atoms with Gasteiger partial charge in [0.15, 0.2) is 23.7 Å².